The highest BCUT2D eigenvalue weighted by atomic mass is 35.5. The van der Waals surface area contributed by atoms with Crippen LogP contribution < -0.4 is 27.8 Å². The highest BCUT2D eigenvalue weighted by Crippen LogP contribution is 2.42. The molecule has 119 heavy (non-hydrogen) atoms. The van der Waals surface area contributed by atoms with Crippen LogP contribution in [0.3, 0.4) is 0 Å². The number of nitrogens with one attached hydrogen (secondary N) is 6. The molecule has 0 amide bonds. The molecule has 612 valence electrons. The van der Waals surface area contributed by atoms with Gasteiger partial charge in [-0.25, -0.2) is 62.2 Å². The Morgan fingerprint density at radius 3 is 1.24 bits per heavy atom. The summed E-state index contributed by atoms with van der Waals surface area (Å²) in [4.78, 5) is 134. The maximum absolute atomic E-state index is 15.4. The second-order valence-corrected chi connectivity index (χ2v) is 36.4. The minimum atomic E-state index is -3.90. The van der Waals surface area contributed by atoms with Crippen LogP contribution in [0.25, 0.3) is 98.9 Å². The number of benzene rings is 6. The third kappa shape index (κ3) is 17.0. The number of ketones is 3. The number of aromatic amines is 6. The van der Waals surface area contributed by atoms with Crippen LogP contribution in [0.2, 0.25) is 5.02 Å². The quantitative estimate of drug-likeness (QED) is 0.0256. The zero-order valence-corrected chi connectivity index (χ0v) is 67.3. The van der Waals surface area contributed by atoms with Gasteiger partial charge in [-0.2, -0.15) is 0 Å². The van der Waals surface area contributed by atoms with E-state index in [2.05, 4.69) is 44.9 Å². The first-order valence-electron chi connectivity index (χ1n) is 36.7. The number of halogens is 6. The summed E-state index contributed by atoms with van der Waals surface area (Å²) < 4.78 is 156. The van der Waals surface area contributed by atoms with Gasteiger partial charge in [0.05, 0.1) is 110 Å². The highest BCUT2D eigenvalue weighted by molar-refractivity contribution is 7.93. The molecule has 0 radical (unpaired) electrons. The largest absolute Gasteiger partial charge is 0.345 e. The van der Waals surface area contributed by atoms with E-state index in [-0.39, 0.29) is 131 Å². The third-order valence-corrected chi connectivity index (χ3v) is 25.3. The molecule has 16 rings (SSSR count). The van der Waals surface area contributed by atoms with Crippen molar-refractivity contribution >= 4 is 124 Å². The number of nitrogens with zero attached hydrogens (tertiary/aromatic N) is 7. The van der Waals surface area contributed by atoms with Crippen LogP contribution in [0.1, 0.15) is 84.1 Å². The highest BCUT2D eigenvalue weighted by Gasteiger charge is 2.40. The lowest BCUT2D eigenvalue weighted by molar-refractivity contribution is 0.100. The van der Waals surface area contributed by atoms with Crippen molar-refractivity contribution in [1.29, 1.82) is 0 Å². The average Bonchev–Trinajstić information content (AvgIpc) is 1.59. The average molecular weight is 1700 g/mol. The van der Waals surface area contributed by atoms with E-state index >= 15 is 13.2 Å². The molecule has 9 heterocycles. The minimum Gasteiger partial charge on any atom is -0.345 e. The number of rotatable bonds is 23. The molecule has 0 spiro atoms. The number of aromatic nitrogens is 12. The predicted molar refractivity (Wildman–Crippen MR) is 442 cm³/mol. The van der Waals surface area contributed by atoms with Crippen LogP contribution >= 0.6 is 11.6 Å². The first-order chi connectivity index (χ1) is 56.4. The fourth-order valence-electron chi connectivity index (χ4n) is 14.7. The Balaban J connectivity index is 0.000000147. The van der Waals surface area contributed by atoms with Crippen molar-refractivity contribution in [1.82, 2.24) is 63.5 Å². The van der Waals surface area contributed by atoms with Crippen molar-refractivity contribution in [3.05, 3.63) is 283 Å². The van der Waals surface area contributed by atoms with Crippen LogP contribution in [0.5, 0.6) is 0 Å². The van der Waals surface area contributed by atoms with Gasteiger partial charge >= 0.3 is 0 Å². The molecule has 36 heteroatoms. The number of hydrogen-bond donors (Lipinski definition) is 6. The number of imidazole rings is 1. The first kappa shape index (κ1) is 82.8. The van der Waals surface area contributed by atoms with Crippen LogP contribution in [-0.4, -0.2) is 161 Å². The molecule has 1 aliphatic rings. The number of H-pyrrole nitrogens is 6. The molecule has 15 aromatic rings. The number of Topliss-reactive ketones (excluding diaryl/α,β-unsaturated/α-hetero) is 3. The van der Waals surface area contributed by atoms with Crippen LogP contribution in [0, 0.1) is 49.9 Å². The lowest BCUT2D eigenvalue weighted by Gasteiger charge is -2.14. The molecule has 6 aromatic carbocycles. The van der Waals surface area contributed by atoms with Crippen molar-refractivity contribution in [2.75, 3.05) is 49.9 Å². The van der Waals surface area contributed by atoms with Gasteiger partial charge in [-0.15, -0.1) is 0 Å². The number of fused-ring (bicyclic) bond motifs is 6. The Labute approximate surface area is 676 Å². The van der Waals surface area contributed by atoms with Gasteiger partial charge in [-0.05, 0) is 180 Å². The summed E-state index contributed by atoms with van der Waals surface area (Å²) >= 11 is 6.58. The normalized spacial score (nSPS) is 12.6. The number of sulfone groups is 3. The lowest BCUT2D eigenvalue weighted by Crippen LogP contribution is -2.25. The molecular formula is C83H71ClF5N13O14S3. The van der Waals surface area contributed by atoms with Crippen molar-refractivity contribution < 1.29 is 61.6 Å². The van der Waals surface area contributed by atoms with Crippen LogP contribution in [0.4, 0.5) is 22.0 Å². The topological polar surface area (TPSA) is 390 Å². The van der Waals surface area contributed by atoms with E-state index < -0.39 is 126 Å². The van der Waals surface area contributed by atoms with Crippen molar-refractivity contribution in [3.8, 4) is 33.4 Å². The van der Waals surface area contributed by atoms with Gasteiger partial charge in [0.1, 0.15) is 46.3 Å². The molecule has 0 aliphatic heterocycles. The van der Waals surface area contributed by atoms with E-state index in [1.165, 1.54) is 102 Å². The van der Waals surface area contributed by atoms with E-state index in [1.54, 1.807) is 62.0 Å². The molecule has 0 bridgehead atoms. The van der Waals surface area contributed by atoms with E-state index in [9.17, 15) is 72.4 Å². The molecule has 0 saturated heterocycles. The number of carbonyl (C=O) groups is 3. The smallest absolute Gasteiger partial charge is 0.258 e. The molecule has 9 aromatic heterocycles. The van der Waals surface area contributed by atoms with Gasteiger partial charge in [-0.1, -0.05) is 11.6 Å². The van der Waals surface area contributed by atoms with Crippen LogP contribution in [0.15, 0.2) is 171 Å². The van der Waals surface area contributed by atoms with Gasteiger partial charge < -0.3 is 48.5 Å². The molecule has 0 atom stereocenters. The second kappa shape index (κ2) is 32.7. The number of hydrogen-bond acceptors (Lipinski definition) is 18. The van der Waals surface area contributed by atoms with Crippen molar-refractivity contribution in [3.63, 3.8) is 0 Å². The summed E-state index contributed by atoms with van der Waals surface area (Å²) in [6, 6.07) is 25.5. The number of aryl methyl sites for hydroxylation is 3. The van der Waals surface area contributed by atoms with Crippen molar-refractivity contribution in [2.45, 2.75) is 64.9 Å². The second-order valence-electron chi connectivity index (χ2n) is 29.4. The summed E-state index contributed by atoms with van der Waals surface area (Å²) in [6.45, 7) is 4.39. The van der Waals surface area contributed by atoms with Gasteiger partial charge in [0.15, 0.2) is 46.9 Å². The van der Waals surface area contributed by atoms with Gasteiger partial charge in [0.2, 0.25) is 0 Å². The minimum absolute atomic E-state index is 0.0201. The molecule has 1 saturated carbocycles. The summed E-state index contributed by atoms with van der Waals surface area (Å²) in [5.41, 5.74) is 1.35. The zero-order valence-electron chi connectivity index (χ0n) is 64.1. The van der Waals surface area contributed by atoms with Gasteiger partial charge in [-0.3, -0.25) is 38.4 Å². The van der Waals surface area contributed by atoms with E-state index in [0.29, 0.717) is 74.7 Å². The van der Waals surface area contributed by atoms with E-state index in [1.807, 2.05) is 4.90 Å². The molecule has 1 fully saturated rings. The monoisotopic (exact) mass is 1700 g/mol. The Hall–Kier alpha value is -12.7. The molecule has 1 aliphatic carbocycles. The summed E-state index contributed by atoms with van der Waals surface area (Å²) in [6.07, 6.45) is 10.3. The predicted octanol–water partition coefficient (Wildman–Crippen LogP) is 11.3. The van der Waals surface area contributed by atoms with E-state index in [0.717, 1.165) is 37.1 Å². The third-order valence-electron chi connectivity index (χ3n) is 20.4. The van der Waals surface area contributed by atoms with Gasteiger partial charge in [0.25, 0.3) is 27.8 Å². The molecular weight excluding hydrogens is 1630 g/mol. The van der Waals surface area contributed by atoms with E-state index in [4.69, 9.17) is 11.6 Å². The summed E-state index contributed by atoms with van der Waals surface area (Å²) in [5.74, 6) is -8.31. The Kier molecular flexibility index (Phi) is 22.7. The maximum Gasteiger partial charge on any atom is 0.258 e. The summed E-state index contributed by atoms with van der Waals surface area (Å²) in [7, 11) is -7.79. The lowest BCUT2D eigenvalue weighted by atomic mass is 10.0. The molecule has 0 unspecified atom stereocenters. The molecule has 27 nitrogen and oxygen atoms in total. The fraction of sp³-hybridized carbons (Fsp3) is 0.217. The van der Waals surface area contributed by atoms with Crippen LogP contribution in [-0.2, 0) is 49.1 Å². The number of carbonyl (C=O) groups excluding carboxylic acids is 3. The number of pyridine rings is 3. The zero-order chi connectivity index (χ0) is 85.2. The van der Waals surface area contributed by atoms with Gasteiger partial charge in [0, 0.05) is 109 Å². The standard InChI is InChI=1S/C30H29F2N5O5S.C27H22ClFN4O4S.C26H20F2N4O5S/c1-17-10-21-25(13-22(17)31)37(14-18-11-20-24(12-23(18)32)34-16-35-30(20)40)28(27(21)19-6-4-7-33-29(19)39)26(38)15-43(41,42)9-5-8-36(2)3;1-14-7-18-23(10-20(14)29)33(11-15-8-21-22(9-19(15)28)32-13-31-21)26(24(34)12-38(36,37)16-4-5-16)25(18)17-3-2-6-30-27(17)35;1-13-6-17-21(9-18(13)27)32(10-14-7-16-20(8-19(14)28)30-12-31-26(16)35)24(22(33)11-38(2,36)37)23(17)15-4-3-5-29-25(15)34/h4,6-7,10-13,16H,5,8-9,14-15H2,1-3H3,(H,33,39)(H,34,35,40);2-3,6-10,13,16H,4-5,11-12H2,1H3,(H,30,35)(H,31,32);3-9,12H,10-11H2,1-2H3,(H,29,34)(H,30,31,35). The maximum atomic E-state index is 15.4. The Bertz CT molecular complexity index is 7450. The Morgan fingerprint density at radius 2 is 0.849 bits per heavy atom. The van der Waals surface area contributed by atoms with Crippen molar-refractivity contribution in [2.24, 2.45) is 0 Å². The molecule has 6 N–H and O–H groups in total. The SMILES string of the molecule is Cc1cc2c(-c3ccc[nH]c3=O)c(C(=O)CS(=O)(=O)C3CC3)n(Cc3cc4[nH]cnc4cc3Cl)c2cc1F.Cc1cc2c(-c3ccc[nH]c3=O)c(C(=O)CS(=O)(=O)CCCN(C)C)n(Cc3cc4c(=O)[nH]cnc4cc3F)c2cc1F.Cc1cc2c(-c3ccc[nH]c3=O)c(C(=O)CS(C)(=O)=O)n(Cc3cc4c(=O)[nH]cnc4cc3F)c2cc1F. The summed E-state index contributed by atoms with van der Waals surface area (Å²) in [5, 5.41) is 1.10. The fourth-order valence-corrected chi connectivity index (χ4v) is 18.3. The first-order valence-corrected chi connectivity index (χ1v) is 42.7. The Morgan fingerprint density at radius 1 is 0.462 bits per heavy atom.